The number of hydrogen-bond donors (Lipinski definition) is 2. The first-order chi connectivity index (χ1) is 10.0. The molecule has 0 aliphatic heterocycles. The molecule has 0 bridgehead atoms. The molecule has 1 aromatic carbocycles. The monoisotopic (exact) mass is 306 g/mol. The third-order valence-corrected chi connectivity index (χ3v) is 2.92. The van der Waals surface area contributed by atoms with Crippen LogP contribution in [0.1, 0.15) is 20.7 Å². The molecule has 0 saturated carbocycles. The number of carboxylic acid groups (broad SMARTS) is 1. The number of nitrogens with zero attached hydrogens (tertiary/aromatic N) is 1. The summed E-state index contributed by atoms with van der Waals surface area (Å²) < 4.78 is 4.96. The van der Waals surface area contributed by atoms with Gasteiger partial charge in [-0.3, -0.25) is 4.79 Å². The second kappa shape index (κ2) is 6.23. The van der Waals surface area contributed by atoms with Crippen molar-refractivity contribution in [3.63, 3.8) is 0 Å². The standard InChI is InChI=1S/C14H11ClN2O4/c1-21-9-3-4-11(10(6-9)14(19)20)17-13(18)8-2-5-12(15)16-7-8/h2-7H,1H3,(H,17,18)(H,19,20). The van der Waals surface area contributed by atoms with Crippen molar-refractivity contribution in [3.05, 3.63) is 52.8 Å². The van der Waals surface area contributed by atoms with E-state index in [1.165, 1.54) is 37.6 Å². The van der Waals surface area contributed by atoms with E-state index in [1.54, 1.807) is 6.07 Å². The molecular weight excluding hydrogens is 296 g/mol. The third-order valence-electron chi connectivity index (χ3n) is 2.69. The molecule has 2 rings (SSSR count). The Morgan fingerprint density at radius 2 is 2.05 bits per heavy atom. The van der Waals surface area contributed by atoms with Gasteiger partial charge in [0.2, 0.25) is 0 Å². The summed E-state index contributed by atoms with van der Waals surface area (Å²) in [4.78, 5) is 27.0. The summed E-state index contributed by atoms with van der Waals surface area (Å²) in [5.41, 5.74) is 0.374. The summed E-state index contributed by atoms with van der Waals surface area (Å²) in [6.45, 7) is 0. The van der Waals surface area contributed by atoms with Crippen molar-refractivity contribution in [2.45, 2.75) is 0 Å². The van der Waals surface area contributed by atoms with Gasteiger partial charge in [-0.05, 0) is 30.3 Å². The van der Waals surface area contributed by atoms with Gasteiger partial charge >= 0.3 is 5.97 Å². The highest BCUT2D eigenvalue weighted by molar-refractivity contribution is 6.29. The number of halogens is 1. The van der Waals surface area contributed by atoms with E-state index in [1.807, 2.05) is 0 Å². The molecule has 21 heavy (non-hydrogen) atoms. The number of anilines is 1. The zero-order valence-electron chi connectivity index (χ0n) is 11.0. The van der Waals surface area contributed by atoms with Gasteiger partial charge in [0.1, 0.15) is 10.9 Å². The Labute approximate surface area is 125 Å². The van der Waals surface area contributed by atoms with Gasteiger partial charge in [0.15, 0.2) is 0 Å². The molecule has 2 N–H and O–H groups in total. The lowest BCUT2D eigenvalue weighted by Gasteiger charge is -2.10. The van der Waals surface area contributed by atoms with Gasteiger partial charge in [-0.1, -0.05) is 11.6 Å². The van der Waals surface area contributed by atoms with Gasteiger partial charge in [0.25, 0.3) is 5.91 Å². The predicted molar refractivity (Wildman–Crippen MR) is 77.2 cm³/mol. The highest BCUT2D eigenvalue weighted by atomic mass is 35.5. The van der Waals surface area contributed by atoms with Gasteiger partial charge < -0.3 is 15.2 Å². The Morgan fingerprint density at radius 3 is 2.62 bits per heavy atom. The maximum atomic E-state index is 12.0. The van der Waals surface area contributed by atoms with Crippen LogP contribution in [0.3, 0.4) is 0 Å². The molecular formula is C14H11ClN2O4. The SMILES string of the molecule is COc1ccc(NC(=O)c2ccc(Cl)nc2)c(C(=O)O)c1. The molecule has 0 saturated heterocycles. The van der Waals surface area contributed by atoms with Crippen LogP contribution in [-0.4, -0.2) is 29.1 Å². The maximum absolute atomic E-state index is 12.0. The van der Waals surface area contributed by atoms with E-state index >= 15 is 0 Å². The Bertz CT molecular complexity index is 686. The summed E-state index contributed by atoms with van der Waals surface area (Å²) in [5.74, 6) is -1.26. The van der Waals surface area contributed by atoms with Crippen LogP contribution in [0, 0.1) is 0 Å². The minimum atomic E-state index is -1.17. The normalized spacial score (nSPS) is 10.0. The number of carbonyl (C=O) groups excluding carboxylic acids is 1. The summed E-state index contributed by atoms with van der Waals surface area (Å²) in [5, 5.41) is 12.0. The minimum Gasteiger partial charge on any atom is -0.497 e. The first kappa shape index (κ1) is 14.8. The second-order valence-electron chi connectivity index (χ2n) is 4.04. The van der Waals surface area contributed by atoms with Gasteiger partial charge in [-0.2, -0.15) is 0 Å². The molecule has 0 spiro atoms. The third kappa shape index (κ3) is 3.49. The van der Waals surface area contributed by atoms with Crippen LogP contribution in [0.5, 0.6) is 5.75 Å². The van der Waals surface area contributed by atoms with Crippen LogP contribution in [-0.2, 0) is 0 Å². The van der Waals surface area contributed by atoms with Crippen molar-refractivity contribution in [1.82, 2.24) is 4.98 Å². The minimum absolute atomic E-state index is 0.0652. The number of amides is 1. The molecule has 0 radical (unpaired) electrons. The first-order valence-electron chi connectivity index (χ1n) is 5.85. The molecule has 0 aliphatic carbocycles. The van der Waals surface area contributed by atoms with Gasteiger partial charge in [0.05, 0.1) is 23.9 Å². The Kier molecular flexibility index (Phi) is 4.39. The summed E-state index contributed by atoms with van der Waals surface area (Å²) in [7, 11) is 1.43. The van der Waals surface area contributed by atoms with E-state index < -0.39 is 11.9 Å². The number of pyridine rings is 1. The van der Waals surface area contributed by atoms with Crippen LogP contribution < -0.4 is 10.1 Å². The van der Waals surface area contributed by atoms with Gasteiger partial charge in [0, 0.05) is 6.20 Å². The maximum Gasteiger partial charge on any atom is 0.337 e. The lowest BCUT2D eigenvalue weighted by Crippen LogP contribution is -2.15. The number of ether oxygens (including phenoxy) is 1. The molecule has 2 aromatic rings. The molecule has 1 aromatic heterocycles. The van der Waals surface area contributed by atoms with Gasteiger partial charge in [-0.25, -0.2) is 9.78 Å². The quantitative estimate of drug-likeness (QED) is 0.848. The smallest absolute Gasteiger partial charge is 0.337 e. The number of hydrogen-bond acceptors (Lipinski definition) is 4. The average Bonchev–Trinajstić information content (AvgIpc) is 2.48. The van der Waals surface area contributed by atoms with Crippen LogP contribution in [0.4, 0.5) is 5.69 Å². The predicted octanol–water partition coefficient (Wildman–Crippen LogP) is 2.69. The Morgan fingerprint density at radius 1 is 1.29 bits per heavy atom. The fraction of sp³-hybridized carbons (Fsp3) is 0.0714. The van der Waals surface area contributed by atoms with E-state index in [9.17, 15) is 9.59 Å². The molecule has 108 valence electrons. The van der Waals surface area contributed by atoms with Crippen molar-refractivity contribution < 1.29 is 19.4 Å². The van der Waals surface area contributed by atoms with Gasteiger partial charge in [-0.15, -0.1) is 0 Å². The van der Waals surface area contributed by atoms with E-state index in [-0.39, 0.29) is 22.0 Å². The largest absolute Gasteiger partial charge is 0.497 e. The Hall–Kier alpha value is -2.60. The van der Waals surface area contributed by atoms with Crippen LogP contribution in [0.2, 0.25) is 5.15 Å². The number of carboxylic acids is 1. The number of carbonyl (C=O) groups is 2. The van der Waals surface area contributed by atoms with E-state index in [2.05, 4.69) is 10.3 Å². The van der Waals surface area contributed by atoms with E-state index in [0.29, 0.717) is 5.75 Å². The molecule has 0 unspecified atom stereocenters. The number of benzene rings is 1. The molecule has 0 atom stereocenters. The van der Waals surface area contributed by atoms with Crippen molar-refractivity contribution in [2.24, 2.45) is 0 Å². The lowest BCUT2D eigenvalue weighted by atomic mass is 10.1. The highest BCUT2D eigenvalue weighted by Gasteiger charge is 2.15. The number of aromatic carboxylic acids is 1. The highest BCUT2D eigenvalue weighted by Crippen LogP contribution is 2.22. The van der Waals surface area contributed by atoms with Crippen LogP contribution in [0.25, 0.3) is 0 Å². The van der Waals surface area contributed by atoms with Crippen LogP contribution >= 0.6 is 11.6 Å². The number of rotatable bonds is 4. The van der Waals surface area contributed by atoms with Crippen molar-refractivity contribution >= 4 is 29.2 Å². The molecule has 0 fully saturated rings. The first-order valence-corrected chi connectivity index (χ1v) is 6.23. The number of methoxy groups -OCH3 is 1. The molecule has 1 amide bonds. The summed E-state index contributed by atoms with van der Waals surface area (Å²) in [6, 6.07) is 7.32. The number of aromatic nitrogens is 1. The number of nitrogens with one attached hydrogen (secondary N) is 1. The summed E-state index contributed by atoms with van der Waals surface area (Å²) >= 11 is 5.64. The van der Waals surface area contributed by atoms with E-state index in [4.69, 9.17) is 21.4 Å². The molecule has 0 aliphatic rings. The van der Waals surface area contributed by atoms with Crippen molar-refractivity contribution in [1.29, 1.82) is 0 Å². The molecule has 6 nitrogen and oxygen atoms in total. The lowest BCUT2D eigenvalue weighted by molar-refractivity contribution is 0.0697. The van der Waals surface area contributed by atoms with Crippen LogP contribution in [0.15, 0.2) is 36.5 Å². The fourth-order valence-electron chi connectivity index (χ4n) is 1.64. The topological polar surface area (TPSA) is 88.5 Å². The second-order valence-corrected chi connectivity index (χ2v) is 4.43. The van der Waals surface area contributed by atoms with E-state index in [0.717, 1.165) is 0 Å². The molecule has 1 heterocycles. The average molecular weight is 307 g/mol. The zero-order valence-corrected chi connectivity index (χ0v) is 11.7. The fourth-order valence-corrected chi connectivity index (χ4v) is 1.75. The molecule has 7 heteroatoms. The Balaban J connectivity index is 2.28. The zero-order chi connectivity index (χ0) is 15.4. The van der Waals surface area contributed by atoms with Crippen molar-refractivity contribution in [2.75, 3.05) is 12.4 Å². The summed E-state index contributed by atoms with van der Waals surface area (Å²) in [6.07, 6.45) is 1.31. The van der Waals surface area contributed by atoms with Crippen molar-refractivity contribution in [3.8, 4) is 5.75 Å².